The monoisotopic (exact) mass is 420 g/mol. The fraction of sp³-hybridized carbons (Fsp3) is 0.412. The molecule has 2 rings (SSSR count). The van der Waals surface area contributed by atoms with E-state index >= 15 is 0 Å². The van der Waals surface area contributed by atoms with Gasteiger partial charge in [0, 0.05) is 34.8 Å². The number of aryl methyl sites for hydroxylation is 2. The van der Waals surface area contributed by atoms with Crippen LogP contribution >= 0.6 is 23.5 Å². The molecule has 0 aliphatic carbocycles. The van der Waals surface area contributed by atoms with Crippen molar-refractivity contribution in [3.05, 3.63) is 60.2 Å². The van der Waals surface area contributed by atoms with Crippen molar-refractivity contribution in [3.8, 4) is 0 Å². The number of thioether (sulfide) groups is 2. The van der Waals surface area contributed by atoms with E-state index < -0.39 is 10.1 Å². The van der Waals surface area contributed by atoms with Gasteiger partial charge in [-0.3, -0.25) is 9.97 Å². The maximum atomic E-state index is 11.1. The molecule has 1 atom stereocenters. The average Bonchev–Trinajstić information content (AvgIpc) is 2.59. The molecule has 0 saturated carbocycles. The minimum atomic E-state index is -4.22. The molecular formula is C17H21N2NaO3S3. The number of hydrogen-bond acceptors (Lipinski definition) is 7. The molecule has 2 aromatic heterocycles. The first-order valence-corrected chi connectivity index (χ1v) is 11.7. The van der Waals surface area contributed by atoms with E-state index in [2.05, 4.69) is 9.97 Å². The van der Waals surface area contributed by atoms with Crippen LogP contribution in [0, 0.1) is 0 Å². The Balaban J connectivity index is 0.00000338. The van der Waals surface area contributed by atoms with E-state index in [1.165, 1.54) is 11.8 Å². The van der Waals surface area contributed by atoms with E-state index in [0.29, 0.717) is 5.75 Å². The molecule has 26 heavy (non-hydrogen) atoms. The molecule has 0 aliphatic heterocycles. The van der Waals surface area contributed by atoms with Crippen molar-refractivity contribution in [1.29, 1.82) is 0 Å². The zero-order valence-electron chi connectivity index (χ0n) is 14.8. The molecule has 0 fully saturated rings. The summed E-state index contributed by atoms with van der Waals surface area (Å²) in [7, 11) is -4.22. The second kappa shape index (κ2) is 13.1. The van der Waals surface area contributed by atoms with Crippen molar-refractivity contribution in [2.75, 3.05) is 23.0 Å². The second-order valence-electron chi connectivity index (χ2n) is 5.43. The van der Waals surface area contributed by atoms with Gasteiger partial charge >= 0.3 is 29.6 Å². The van der Waals surface area contributed by atoms with Crippen molar-refractivity contribution >= 4 is 33.6 Å². The van der Waals surface area contributed by atoms with Crippen molar-refractivity contribution < 1.29 is 42.5 Å². The van der Waals surface area contributed by atoms with Gasteiger partial charge in [-0.25, -0.2) is 8.42 Å². The fourth-order valence-corrected chi connectivity index (χ4v) is 6.03. The minimum absolute atomic E-state index is 0. The Morgan fingerprint density at radius 3 is 2.04 bits per heavy atom. The summed E-state index contributed by atoms with van der Waals surface area (Å²) in [6.07, 6.45) is 5.10. The smallest absolute Gasteiger partial charge is 0.748 e. The van der Waals surface area contributed by atoms with E-state index in [0.717, 1.165) is 35.7 Å². The Morgan fingerprint density at radius 1 is 0.962 bits per heavy atom. The third-order valence-electron chi connectivity index (χ3n) is 3.36. The summed E-state index contributed by atoms with van der Waals surface area (Å²) < 4.78 is 33.4. The van der Waals surface area contributed by atoms with Gasteiger partial charge in [0.15, 0.2) is 0 Å². The van der Waals surface area contributed by atoms with Gasteiger partial charge in [0.1, 0.15) is 0 Å². The van der Waals surface area contributed by atoms with Crippen molar-refractivity contribution in [1.82, 2.24) is 9.97 Å². The topological polar surface area (TPSA) is 83.0 Å². The maximum Gasteiger partial charge on any atom is 1.00 e. The van der Waals surface area contributed by atoms with Gasteiger partial charge in [-0.2, -0.15) is 23.5 Å². The molecule has 2 aromatic rings. The summed E-state index contributed by atoms with van der Waals surface area (Å²) in [5, 5.41) is -0.194. The van der Waals surface area contributed by atoms with Crippen LogP contribution in [0.1, 0.15) is 11.4 Å². The molecule has 136 valence electrons. The summed E-state index contributed by atoms with van der Waals surface area (Å²) >= 11 is 3.20. The number of hydrogen-bond donors (Lipinski definition) is 0. The largest absolute Gasteiger partial charge is 1.00 e. The first kappa shape index (κ1) is 23.9. The van der Waals surface area contributed by atoms with Crippen LogP contribution in [0.2, 0.25) is 0 Å². The molecule has 2 heterocycles. The fourth-order valence-electron chi connectivity index (χ4n) is 2.19. The molecule has 0 spiro atoms. The first-order valence-electron chi connectivity index (χ1n) is 7.95. The number of rotatable bonds is 11. The second-order valence-corrected chi connectivity index (χ2v) is 9.44. The molecule has 0 amide bonds. The zero-order chi connectivity index (χ0) is 18.0. The Kier molecular flexibility index (Phi) is 12.1. The Labute approximate surface area is 186 Å². The Morgan fingerprint density at radius 2 is 1.54 bits per heavy atom. The van der Waals surface area contributed by atoms with Gasteiger partial charge in [0.05, 0.1) is 15.9 Å². The van der Waals surface area contributed by atoms with Crippen molar-refractivity contribution in [3.63, 3.8) is 0 Å². The van der Waals surface area contributed by atoms with Gasteiger partial charge in [-0.05, 0) is 48.6 Å². The Bertz CT molecular complexity index is 719. The van der Waals surface area contributed by atoms with Gasteiger partial charge < -0.3 is 4.55 Å². The van der Waals surface area contributed by atoms with Gasteiger partial charge in [0.25, 0.3) is 0 Å². The summed E-state index contributed by atoms with van der Waals surface area (Å²) in [5.74, 6) is 1.92. The number of aromatic nitrogens is 2. The van der Waals surface area contributed by atoms with Crippen molar-refractivity contribution in [2.24, 2.45) is 0 Å². The van der Waals surface area contributed by atoms with Crippen molar-refractivity contribution in [2.45, 2.75) is 18.1 Å². The van der Waals surface area contributed by atoms with Crippen LogP contribution in [0.25, 0.3) is 0 Å². The molecule has 9 heteroatoms. The standard InChI is InChI=1S/C17H22N2O3S3.Na/c20-25(21,22)14-17(24-12-8-16-6-2-4-10-19-16)13-23-11-7-15-5-1-3-9-18-15;/h1-6,9-10,17H,7-8,11-14H2,(H,20,21,22);/q;+1/p-1. The van der Waals surface area contributed by atoms with Crippen LogP contribution in [0.4, 0.5) is 0 Å². The molecular weight excluding hydrogens is 399 g/mol. The number of pyridine rings is 2. The summed E-state index contributed by atoms with van der Waals surface area (Å²) in [6.45, 7) is 0. The van der Waals surface area contributed by atoms with Gasteiger partial charge in [0.2, 0.25) is 0 Å². The molecule has 0 bridgehead atoms. The quantitative estimate of drug-likeness (QED) is 0.279. The molecule has 0 aliphatic rings. The van der Waals surface area contributed by atoms with E-state index in [1.54, 1.807) is 24.2 Å². The summed E-state index contributed by atoms with van der Waals surface area (Å²) in [6, 6.07) is 11.5. The zero-order valence-corrected chi connectivity index (χ0v) is 19.2. The van der Waals surface area contributed by atoms with E-state index in [1.807, 2.05) is 36.4 Å². The van der Waals surface area contributed by atoms with Crippen LogP contribution < -0.4 is 29.6 Å². The van der Waals surface area contributed by atoms with E-state index in [4.69, 9.17) is 0 Å². The summed E-state index contributed by atoms with van der Waals surface area (Å²) in [5.41, 5.74) is 1.99. The predicted molar refractivity (Wildman–Crippen MR) is 104 cm³/mol. The van der Waals surface area contributed by atoms with Gasteiger partial charge in [-0.15, -0.1) is 0 Å². The third-order valence-corrected chi connectivity index (χ3v) is 6.97. The normalized spacial score (nSPS) is 12.3. The molecule has 0 saturated heterocycles. The Hall–Kier alpha value is -0.0900. The van der Waals surface area contributed by atoms with E-state index in [9.17, 15) is 13.0 Å². The van der Waals surface area contributed by atoms with E-state index in [-0.39, 0.29) is 40.6 Å². The van der Waals surface area contributed by atoms with Crippen LogP contribution in [0.5, 0.6) is 0 Å². The van der Waals surface area contributed by atoms with Crippen LogP contribution in [0.15, 0.2) is 48.8 Å². The van der Waals surface area contributed by atoms with Crippen LogP contribution in [0.3, 0.4) is 0 Å². The van der Waals surface area contributed by atoms with Crippen LogP contribution in [-0.2, 0) is 23.0 Å². The molecule has 0 N–H and O–H groups in total. The SMILES string of the molecule is O=S(=O)([O-])CC(CSCCc1ccccn1)SCCc1ccccn1.[Na+]. The number of nitrogens with zero attached hydrogens (tertiary/aromatic N) is 2. The molecule has 0 aromatic carbocycles. The summed E-state index contributed by atoms with van der Waals surface area (Å²) in [4.78, 5) is 8.52. The minimum Gasteiger partial charge on any atom is -0.748 e. The van der Waals surface area contributed by atoms with Crippen LogP contribution in [-0.4, -0.2) is 51.2 Å². The predicted octanol–water partition coefficient (Wildman–Crippen LogP) is -0.354. The van der Waals surface area contributed by atoms with Gasteiger partial charge in [-0.1, -0.05) is 12.1 Å². The molecule has 5 nitrogen and oxygen atoms in total. The molecule has 0 radical (unpaired) electrons. The first-order chi connectivity index (χ1) is 12.0. The molecule has 1 unspecified atom stereocenters. The maximum absolute atomic E-state index is 11.1. The average molecular weight is 421 g/mol. The third kappa shape index (κ3) is 10.9.